The van der Waals surface area contributed by atoms with Crippen LogP contribution in [0.2, 0.25) is 0 Å². The van der Waals surface area contributed by atoms with Gasteiger partial charge < -0.3 is 0 Å². The largest absolute Gasteiger partial charge is 0.248 e. The predicted molar refractivity (Wildman–Crippen MR) is 250 cm³/mol. The predicted octanol–water partition coefficient (Wildman–Crippen LogP) is 15.0. The number of pyridine rings is 3. The van der Waals surface area contributed by atoms with E-state index in [1.54, 1.807) is 0 Å². The van der Waals surface area contributed by atoms with Crippen molar-refractivity contribution >= 4 is 32.6 Å². The summed E-state index contributed by atoms with van der Waals surface area (Å²) in [5.41, 5.74) is 16.7. The Morgan fingerprint density at radius 2 is 0.717 bits per heavy atom. The second-order valence-electron chi connectivity index (χ2n) is 15.2. The second kappa shape index (κ2) is 15.1. The molecule has 0 saturated carbocycles. The van der Waals surface area contributed by atoms with Gasteiger partial charge in [0, 0.05) is 33.0 Å². The number of rotatable bonds is 7. The molecule has 0 aliphatic carbocycles. The fraction of sp³-hybridized carbons (Fsp3) is 0. The van der Waals surface area contributed by atoms with Crippen LogP contribution in [0.4, 0.5) is 0 Å². The van der Waals surface area contributed by atoms with Crippen LogP contribution in [0.1, 0.15) is 0 Å². The van der Waals surface area contributed by atoms with E-state index in [1.165, 1.54) is 16.3 Å². The highest BCUT2D eigenvalue weighted by Gasteiger charge is 2.16. The van der Waals surface area contributed by atoms with E-state index in [1.807, 2.05) is 12.1 Å². The summed E-state index contributed by atoms with van der Waals surface area (Å²) in [4.78, 5) is 15.8. The van der Waals surface area contributed by atoms with Crippen molar-refractivity contribution in [3.05, 3.63) is 224 Å². The molecular formula is C57H37N3. The van der Waals surface area contributed by atoms with Gasteiger partial charge >= 0.3 is 0 Å². The second-order valence-corrected chi connectivity index (χ2v) is 15.2. The third kappa shape index (κ3) is 6.68. The van der Waals surface area contributed by atoms with Crippen LogP contribution in [0.3, 0.4) is 0 Å². The Hall–Kier alpha value is -8.01. The zero-order chi connectivity index (χ0) is 39.8. The van der Waals surface area contributed by atoms with Crippen LogP contribution in [0.25, 0.3) is 111 Å². The van der Waals surface area contributed by atoms with Crippen molar-refractivity contribution in [3.63, 3.8) is 0 Å². The topological polar surface area (TPSA) is 38.7 Å². The molecular weight excluding hydrogens is 727 g/mol. The van der Waals surface area contributed by atoms with Gasteiger partial charge in [-0.25, -0.2) is 15.0 Å². The number of aromatic nitrogens is 3. The van der Waals surface area contributed by atoms with Gasteiger partial charge in [-0.1, -0.05) is 188 Å². The number of benzene rings is 8. The molecule has 8 aromatic carbocycles. The van der Waals surface area contributed by atoms with Crippen molar-refractivity contribution in [2.75, 3.05) is 0 Å². The van der Waals surface area contributed by atoms with Crippen molar-refractivity contribution in [1.82, 2.24) is 15.0 Å². The summed E-state index contributed by atoms with van der Waals surface area (Å²) >= 11 is 0. The Labute approximate surface area is 349 Å². The van der Waals surface area contributed by atoms with Crippen LogP contribution < -0.4 is 0 Å². The molecule has 3 aromatic heterocycles. The molecule has 0 aliphatic rings. The monoisotopic (exact) mass is 763 g/mol. The zero-order valence-electron chi connectivity index (χ0n) is 32.7. The smallest absolute Gasteiger partial charge is 0.0978 e. The molecule has 0 aliphatic heterocycles. The van der Waals surface area contributed by atoms with Gasteiger partial charge in [-0.3, -0.25) is 0 Å². The van der Waals surface area contributed by atoms with Crippen LogP contribution in [0, 0.1) is 0 Å². The first-order chi connectivity index (χ1) is 29.7. The first kappa shape index (κ1) is 35.2. The SMILES string of the molecule is c1ccc(-c2cc(-c3ccccc3)nc(-c3ccc(-c4cccc(-c5cc(-c6ccccc6)nc6c5ccc5ccc(-c7ccc8ccccc8c7)nc56)c4)cc3)c2)cc1. The van der Waals surface area contributed by atoms with Gasteiger partial charge in [0.05, 0.1) is 33.8 Å². The number of hydrogen-bond acceptors (Lipinski definition) is 3. The molecule has 3 heteroatoms. The van der Waals surface area contributed by atoms with Crippen molar-refractivity contribution in [1.29, 1.82) is 0 Å². The summed E-state index contributed by atoms with van der Waals surface area (Å²) < 4.78 is 0. The van der Waals surface area contributed by atoms with Gasteiger partial charge in [-0.2, -0.15) is 0 Å². The summed E-state index contributed by atoms with van der Waals surface area (Å²) in [5, 5.41) is 4.54. The van der Waals surface area contributed by atoms with E-state index in [0.717, 1.165) is 94.7 Å². The maximum atomic E-state index is 5.35. The quantitative estimate of drug-likeness (QED) is 0.152. The Balaban J connectivity index is 1.01. The van der Waals surface area contributed by atoms with E-state index >= 15 is 0 Å². The molecule has 11 rings (SSSR count). The summed E-state index contributed by atoms with van der Waals surface area (Å²) in [5.74, 6) is 0. The Morgan fingerprint density at radius 1 is 0.217 bits per heavy atom. The molecule has 3 nitrogen and oxygen atoms in total. The fourth-order valence-corrected chi connectivity index (χ4v) is 8.31. The van der Waals surface area contributed by atoms with Crippen LogP contribution in [-0.4, -0.2) is 15.0 Å². The van der Waals surface area contributed by atoms with E-state index in [-0.39, 0.29) is 0 Å². The fourth-order valence-electron chi connectivity index (χ4n) is 8.31. The maximum absolute atomic E-state index is 5.35. The highest BCUT2D eigenvalue weighted by molar-refractivity contribution is 6.10. The standard InChI is InChI=1S/C57H37N3/c1-4-13-38(14-5-1)49-35-53(41-16-6-2-7-17-41)58-54(36-49)43-26-23-40(24-27-43)46-21-12-22-47(33-46)51-37-55(42-18-8-3-9-19-42)60-57-50(51)31-29-44-30-32-52(59-56(44)57)48-28-25-39-15-10-11-20-45(39)34-48/h1-37H. The van der Waals surface area contributed by atoms with Crippen molar-refractivity contribution in [3.8, 4) is 78.4 Å². The first-order valence-electron chi connectivity index (χ1n) is 20.3. The lowest BCUT2D eigenvalue weighted by atomic mass is 9.94. The molecule has 60 heavy (non-hydrogen) atoms. The Kier molecular flexibility index (Phi) is 8.83. The maximum Gasteiger partial charge on any atom is 0.0978 e. The number of hydrogen-bond donors (Lipinski definition) is 0. The normalized spacial score (nSPS) is 11.3. The van der Waals surface area contributed by atoms with Crippen molar-refractivity contribution < 1.29 is 0 Å². The molecule has 0 fully saturated rings. The van der Waals surface area contributed by atoms with Crippen LogP contribution in [0.5, 0.6) is 0 Å². The minimum absolute atomic E-state index is 0.890. The van der Waals surface area contributed by atoms with Crippen LogP contribution in [0.15, 0.2) is 224 Å². The average Bonchev–Trinajstić information content (AvgIpc) is 3.34. The molecule has 0 N–H and O–H groups in total. The Morgan fingerprint density at radius 3 is 1.43 bits per heavy atom. The summed E-state index contributed by atoms with van der Waals surface area (Å²) in [6.07, 6.45) is 0. The molecule has 0 atom stereocenters. The van der Waals surface area contributed by atoms with Gasteiger partial charge in [0.25, 0.3) is 0 Å². The third-order valence-corrected chi connectivity index (χ3v) is 11.4. The molecule has 0 bridgehead atoms. The summed E-state index contributed by atoms with van der Waals surface area (Å²) in [6.45, 7) is 0. The minimum atomic E-state index is 0.890. The van der Waals surface area contributed by atoms with E-state index in [0.29, 0.717) is 0 Å². The van der Waals surface area contributed by atoms with E-state index in [9.17, 15) is 0 Å². The van der Waals surface area contributed by atoms with Gasteiger partial charge in [0.15, 0.2) is 0 Å². The average molecular weight is 764 g/mol. The molecule has 0 amide bonds. The lowest BCUT2D eigenvalue weighted by molar-refractivity contribution is 1.32. The van der Waals surface area contributed by atoms with Gasteiger partial charge in [0.2, 0.25) is 0 Å². The summed E-state index contributed by atoms with van der Waals surface area (Å²) in [6, 6.07) is 79.3. The van der Waals surface area contributed by atoms with E-state index in [2.05, 4.69) is 212 Å². The molecule has 0 saturated heterocycles. The van der Waals surface area contributed by atoms with E-state index < -0.39 is 0 Å². The molecule has 0 radical (unpaired) electrons. The summed E-state index contributed by atoms with van der Waals surface area (Å²) in [7, 11) is 0. The lowest BCUT2D eigenvalue weighted by Gasteiger charge is -2.14. The Bertz CT molecular complexity index is 3280. The van der Waals surface area contributed by atoms with E-state index in [4.69, 9.17) is 15.0 Å². The van der Waals surface area contributed by atoms with Gasteiger partial charge in [0.1, 0.15) is 0 Å². The molecule has 280 valence electrons. The number of fused-ring (bicyclic) bond motifs is 4. The van der Waals surface area contributed by atoms with Crippen molar-refractivity contribution in [2.45, 2.75) is 0 Å². The molecule has 11 aromatic rings. The van der Waals surface area contributed by atoms with Crippen LogP contribution in [-0.2, 0) is 0 Å². The van der Waals surface area contributed by atoms with Crippen molar-refractivity contribution in [2.24, 2.45) is 0 Å². The highest BCUT2D eigenvalue weighted by atomic mass is 14.8. The lowest BCUT2D eigenvalue weighted by Crippen LogP contribution is -1.94. The molecule has 3 heterocycles. The zero-order valence-corrected chi connectivity index (χ0v) is 32.7. The number of nitrogens with zero attached hydrogens (tertiary/aromatic N) is 3. The minimum Gasteiger partial charge on any atom is -0.248 e. The highest BCUT2D eigenvalue weighted by Crippen LogP contribution is 2.38. The van der Waals surface area contributed by atoms with Gasteiger partial charge in [-0.05, 0) is 80.6 Å². The molecule has 0 unspecified atom stereocenters. The molecule has 0 spiro atoms. The van der Waals surface area contributed by atoms with Gasteiger partial charge in [-0.15, -0.1) is 0 Å². The first-order valence-corrected chi connectivity index (χ1v) is 20.3. The third-order valence-electron chi connectivity index (χ3n) is 11.4. The van der Waals surface area contributed by atoms with Crippen LogP contribution >= 0.6 is 0 Å².